The summed E-state index contributed by atoms with van der Waals surface area (Å²) in [6.45, 7) is 2.42. The highest BCUT2D eigenvalue weighted by Gasteiger charge is 2.23. The lowest BCUT2D eigenvalue weighted by atomic mass is 9.99. The van der Waals surface area contributed by atoms with Gasteiger partial charge < -0.3 is 14.4 Å². The molecule has 0 unspecified atom stereocenters. The number of nitrogens with zero attached hydrogens (tertiary/aromatic N) is 4. The number of pyridine rings is 1. The van der Waals surface area contributed by atoms with Crippen molar-refractivity contribution in [1.82, 2.24) is 14.5 Å². The van der Waals surface area contributed by atoms with Crippen molar-refractivity contribution < 1.29 is 9.47 Å². The van der Waals surface area contributed by atoms with Crippen LogP contribution in [-0.2, 0) is 4.74 Å². The summed E-state index contributed by atoms with van der Waals surface area (Å²) in [6, 6.07) is 42.2. The molecule has 0 aliphatic carbocycles. The highest BCUT2D eigenvalue weighted by molar-refractivity contribution is 6.09. The van der Waals surface area contributed by atoms with E-state index in [1.807, 2.05) is 109 Å². The SMILES string of the molecule is COc1ccc(-c2cc(/C=C/c3c(N4CCOCC4)nc(-c4ccccc4)n(-c4ccccc4)c3=O)c3ccc4ccccc4c3n2)cc1. The number of fused-ring (bicyclic) bond motifs is 3. The summed E-state index contributed by atoms with van der Waals surface area (Å²) < 4.78 is 12.8. The topological polar surface area (TPSA) is 69.5 Å². The molecule has 49 heavy (non-hydrogen) atoms. The van der Waals surface area contributed by atoms with Crippen molar-refractivity contribution in [2.45, 2.75) is 0 Å². The first-order valence-electron chi connectivity index (χ1n) is 16.4. The summed E-state index contributed by atoms with van der Waals surface area (Å²) in [5, 5.41) is 3.18. The van der Waals surface area contributed by atoms with Crippen molar-refractivity contribution in [2.24, 2.45) is 0 Å². The zero-order chi connectivity index (χ0) is 33.2. The first kappa shape index (κ1) is 30.3. The molecular weight excluding hydrogens is 608 g/mol. The third kappa shape index (κ3) is 5.85. The van der Waals surface area contributed by atoms with Gasteiger partial charge in [0, 0.05) is 35.0 Å². The Labute approximate surface area is 284 Å². The van der Waals surface area contributed by atoms with Gasteiger partial charge in [-0.2, -0.15) is 0 Å². The molecule has 8 rings (SSSR count). The van der Waals surface area contributed by atoms with E-state index in [9.17, 15) is 4.79 Å². The molecule has 3 heterocycles. The lowest BCUT2D eigenvalue weighted by Crippen LogP contribution is -2.39. The molecule has 7 heteroatoms. The Morgan fingerprint density at radius 3 is 2.18 bits per heavy atom. The maximum Gasteiger partial charge on any atom is 0.267 e. The zero-order valence-corrected chi connectivity index (χ0v) is 27.1. The van der Waals surface area contributed by atoms with Crippen molar-refractivity contribution in [2.75, 3.05) is 38.3 Å². The fourth-order valence-electron chi connectivity index (χ4n) is 6.49. The molecule has 5 aromatic carbocycles. The van der Waals surface area contributed by atoms with E-state index in [4.69, 9.17) is 19.4 Å². The molecular formula is C42H34N4O3. The summed E-state index contributed by atoms with van der Waals surface area (Å²) >= 11 is 0. The van der Waals surface area contributed by atoms with Gasteiger partial charge in [-0.25, -0.2) is 9.97 Å². The highest BCUT2D eigenvalue weighted by atomic mass is 16.5. The summed E-state index contributed by atoms with van der Waals surface area (Å²) in [4.78, 5) is 27.4. The molecule has 1 saturated heterocycles. The number of ether oxygens (including phenoxy) is 2. The van der Waals surface area contributed by atoms with E-state index in [0.717, 1.165) is 55.5 Å². The number of methoxy groups -OCH3 is 1. The van der Waals surface area contributed by atoms with E-state index >= 15 is 0 Å². The van der Waals surface area contributed by atoms with Crippen molar-refractivity contribution >= 4 is 39.6 Å². The van der Waals surface area contributed by atoms with Gasteiger partial charge >= 0.3 is 0 Å². The van der Waals surface area contributed by atoms with Crippen molar-refractivity contribution in [1.29, 1.82) is 0 Å². The van der Waals surface area contributed by atoms with Crippen molar-refractivity contribution in [3.8, 4) is 34.1 Å². The standard InChI is InChI=1S/C42H34N4O3/c1-48-34-20-16-30(17-21-34)38-28-32(36-22-18-29-10-8-9-15-35(29)39(36)43-38)19-23-37-41(45-24-26-49-27-25-45)44-40(31-11-4-2-5-12-31)46(42(37)47)33-13-6-3-7-14-33/h2-23,28H,24-27H2,1H3/b23-19+. The number of hydrogen-bond acceptors (Lipinski definition) is 6. The average Bonchev–Trinajstić information content (AvgIpc) is 3.18. The lowest BCUT2D eigenvalue weighted by Gasteiger charge is -2.30. The van der Waals surface area contributed by atoms with E-state index in [0.29, 0.717) is 43.5 Å². The van der Waals surface area contributed by atoms with Crippen LogP contribution in [0.4, 0.5) is 5.82 Å². The van der Waals surface area contributed by atoms with E-state index in [1.54, 1.807) is 11.7 Å². The summed E-state index contributed by atoms with van der Waals surface area (Å²) in [5.74, 6) is 2.03. The maximum absolute atomic E-state index is 14.8. The van der Waals surface area contributed by atoms with Gasteiger partial charge in [0.1, 0.15) is 17.4 Å². The molecule has 0 spiro atoms. The molecule has 0 radical (unpaired) electrons. The third-order valence-electron chi connectivity index (χ3n) is 9.01. The number of para-hydroxylation sites is 1. The zero-order valence-electron chi connectivity index (χ0n) is 27.1. The molecule has 0 saturated carbocycles. The van der Waals surface area contributed by atoms with Gasteiger partial charge in [-0.15, -0.1) is 0 Å². The van der Waals surface area contributed by atoms with Gasteiger partial charge in [-0.3, -0.25) is 9.36 Å². The summed E-state index contributed by atoms with van der Waals surface area (Å²) in [6.07, 6.45) is 3.96. The molecule has 7 aromatic rings. The quantitative estimate of drug-likeness (QED) is 0.163. The van der Waals surface area contributed by atoms with Gasteiger partial charge in [-0.1, -0.05) is 91.0 Å². The summed E-state index contributed by atoms with van der Waals surface area (Å²) in [7, 11) is 1.66. The van der Waals surface area contributed by atoms with Crippen LogP contribution in [-0.4, -0.2) is 47.9 Å². The van der Waals surface area contributed by atoms with Crippen LogP contribution in [0.1, 0.15) is 11.1 Å². The molecule has 2 aromatic heterocycles. The first-order chi connectivity index (χ1) is 24.2. The Bertz CT molecular complexity index is 2360. The second kappa shape index (κ2) is 13.2. The molecule has 1 fully saturated rings. The van der Waals surface area contributed by atoms with Crippen LogP contribution < -0.4 is 15.2 Å². The molecule has 0 N–H and O–H groups in total. The van der Waals surface area contributed by atoms with Crippen LogP contribution in [0.2, 0.25) is 0 Å². The second-order valence-electron chi connectivity index (χ2n) is 12.0. The van der Waals surface area contributed by atoms with Crippen molar-refractivity contribution in [3.05, 3.63) is 149 Å². The Kier molecular flexibility index (Phi) is 8.17. The number of morpholine rings is 1. The van der Waals surface area contributed by atoms with E-state index in [2.05, 4.69) is 35.2 Å². The molecule has 1 aliphatic heterocycles. The van der Waals surface area contributed by atoms with Crippen LogP contribution >= 0.6 is 0 Å². The lowest BCUT2D eigenvalue weighted by molar-refractivity contribution is 0.122. The minimum atomic E-state index is -0.142. The van der Waals surface area contributed by atoms with Gasteiger partial charge in [0.05, 0.1) is 42.8 Å². The Morgan fingerprint density at radius 1 is 0.714 bits per heavy atom. The number of rotatable bonds is 7. The largest absolute Gasteiger partial charge is 0.497 e. The predicted molar refractivity (Wildman–Crippen MR) is 198 cm³/mol. The van der Waals surface area contributed by atoms with E-state index in [-0.39, 0.29) is 5.56 Å². The minimum absolute atomic E-state index is 0.142. The smallest absolute Gasteiger partial charge is 0.267 e. The van der Waals surface area contributed by atoms with E-state index < -0.39 is 0 Å². The molecule has 7 nitrogen and oxygen atoms in total. The Morgan fingerprint density at radius 2 is 1.43 bits per heavy atom. The molecule has 0 atom stereocenters. The second-order valence-corrected chi connectivity index (χ2v) is 12.0. The van der Waals surface area contributed by atoms with Gasteiger partial charge in [0.25, 0.3) is 5.56 Å². The number of aromatic nitrogens is 3. The number of benzene rings is 5. The fraction of sp³-hybridized carbons (Fsp3) is 0.119. The van der Waals surface area contributed by atoms with Crippen molar-refractivity contribution in [3.63, 3.8) is 0 Å². The van der Waals surface area contributed by atoms with Crippen LogP contribution in [0, 0.1) is 0 Å². The molecule has 0 amide bonds. The maximum atomic E-state index is 14.8. The fourth-order valence-corrected chi connectivity index (χ4v) is 6.49. The van der Waals surface area contributed by atoms with Gasteiger partial charge in [0.2, 0.25) is 0 Å². The average molecular weight is 643 g/mol. The predicted octanol–water partition coefficient (Wildman–Crippen LogP) is 8.28. The van der Waals surface area contributed by atoms with Crippen LogP contribution in [0.3, 0.4) is 0 Å². The van der Waals surface area contributed by atoms with Crippen LogP contribution in [0.5, 0.6) is 5.75 Å². The number of anilines is 1. The van der Waals surface area contributed by atoms with Crippen LogP contribution in [0.25, 0.3) is 62.2 Å². The normalized spacial score (nSPS) is 13.4. The third-order valence-corrected chi connectivity index (χ3v) is 9.01. The molecule has 0 bridgehead atoms. The van der Waals surface area contributed by atoms with Gasteiger partial charge in [-0.05, 0) is 59.5 Å². The number of hydrogen-bond donors (Lipinski definition) is 0. The highest BCUT2D eigenvalue weighted by Crippen LogP contribution is 2.33. The molecule has 1 aliphatic rings. The Balaban J connectivity index is 1.37. The summed E-state index contributed by atoms with van der Waals surface area (Å²) in [5.41, 5.74) is 5.65. The molecule has 240 valence electrons. The van der Waals surface area contributed by atoms with E-state index in [1.165, 1.54) is 0 Å². The minimum Gasteiger partial charge on any atom is -0.497 e. The first-order valence-corrected chi connectivity index (χ1v) is 16.4. The van der Waals surface area contributed by atoms with Gasteiger partial charge in [0.15, 0.2) is 0 Å². The van der Waals surface area contributed by atoms with Crippen LogP contribution in [0.15, 0.2) is 132 Å². The Hall–Kier alpha value is -6.05. The monoisotopic (exact) mass is 642 g/mol.